The van der Waals surface area contributed by atoms with Crippen molar-refractivity contribution in [1.82, 2.24) is 20.0 Å². The zero-order valence-corrected chi connectivity index (χ0v) is 14.5. The lowest BCUT2D eigenvalue weighted by Gasteiger charge is -2.31. The van der Waals surface area contributed by atoms with Gasteiger partial charge in [0.2, 0.25) is 0 Å². The maximum Gasteiger partial charge on any atom is 0.359 e. The zero-order chi connectivity index (χ0) is 17.1. The minimum absolute atomic E-state index is 0.0359. The van der Waals surface area contributed by atoms with Crippen molar-refractivity contribution in [3.63, 3.8) is 0 Å². The summed E-state index contributed by atoms with van der Waals surface area (Å²) in [4.78, 5) is 26.4. The van der Waals surface area contributed by atoms with Gasteiger partial charge in [-0.1, -0.05) is 19.3 Å². The average molecular weight is 334 g/mol. The first-order valence-corrected chi connectivity index (χ1v) is 8.87. The number of nitrogens with one attached hydrogen (secondary N) is 1. The summed E-state index contributed by atoms with van der Waals surface area (Å²) in [6.45, 7) is 3.15. The number of hydrogen-bond donors (Lipinski definition) is 1. The maximum absolute atomic E-state index is 12.6. The van der Waals surface area contributed by atoms with E-state index >= 15 is 0 Å². The number of urea groups is 1. The molecule has 2 amide bonds. The van der Waals surface area contributed by atoms with Crippen molar-refractivity contribution in [3.8, 4) is 0 Å². The smallest absolute Gasteiger partial charge is 0.359 e. The summed E-state index contributed by atoms with van der Waals surface area (Å²) in [5.41, 5.74) is 2.17. The number of rotatable bonds is 3. The Balaban J connectivity index is 1.70. The lowest BCUT2D eigenvalue weighted by atomic mass is 9.95. The van der Waals surface area contributed by atoms with Crippen LogP contribution in [0.15, 0.2) is 0 Å². The fourth-order valence-electron chi connectivity index (χ4n) is 3.64. The highest BCUT2D eigenvalue weighted by atomic mass is 16.5. The van der Waals surface area contributed by atoms with Gasteiger partial charge < -0.3 is 15.0 Å². The van der Waals surface area contributed by atoms with E-state index in [1.807, 2.05) is 7.05 Å². The Bertz CT molecular complexity index is 620. The standard InChI is InChI=1S/C17H26N4O3/c1-3-24-16(22)15-13-11-21(10-9-14(13)20(2)19-15)17(23)18-12-7-5-4-6-8-12/h12H,3-11H2,1-2H3,(H,18,23). The maximum atomic E-state index is 12.6. The number of hydrogen-bond acceptors (Lipinski definition) is 4. The number of ether oxygens (including phenoxy) is 1. The molecule has 1 N–H and O–H groups in total. The summed E-state index contributed by atoms with van der Waals surface area (Å²) in [5.74, 6) is -0.413. The van der Waals surface area contributed by atoms with Crippen molar-refractivity contribution >= 4 is 12.0 Å². The molecular formula is C17H26N4O3. The molecule has 3 rings (SSSR count). The molecule has 1 aromatic heterocycles. The molecule has 1 saturated carbocycles. The van der Waals surface area contributed by atoms with Crippen LogP contribution in [-0.4, -0.2) is 45.9 Å². The molecule has 7 nitrogen and oxygen atoms in total. The summed E-state index contributed by atoms with van der Waals surface area (Å²) in [7, 11) is 1.83. The molecule has 0 spiro atoms. The average Bonchev–Trinajstić information content (AvgIpc) is 2.92. The van der Waals surface area contributed by atoms with E-state index in [2.05, 4.69) is 10.4 Å². The molecule has 0 bridgehead atoms. The van der Waals surface area contributed by atoms with Crippen LogP contribution in [0.3, 0.4) is 0 Å². The van der Waals surface area contributed by atoms with Gasteiger partial charge in [0.15, 0.2) is 5.69 Å². The second kappa shape index (κ2) is 7.23. The van der Waals surface area contributed by atoms with E-state index in [1.54, 1.807) is 16.5 Å². The van der Waals surface area contributed by atoms with Crippen LogP contribution in [0.25, 0.3) is 0 Å². The van der Waals surface area contributed by atoms with Crippen LogP contribution in [0.4, 0.5) is 4.79 Å². The molecule has 0 unspecified atom stereocenters. The molecular weight excluding hydrogens is 308 g/mol. The third-order valence-corrected chi connectivity index (χ3v) is 4.93. The lowest BCUT2D eigenvalue weighted by Crippen LogP contribution is -2.47. The minimum Gasteiger partial charge on any atom is -0.461 e. The molecule has 1 aromatic rings. The van der Waals surface area contributed by atoms with Gasteiger partial charge in [0.25, 0.3) is 0 Å². The fraction of sp³-hybridized carbons (Fsp3) is 0.706. The molecule has 1 aliphatic heterocycles. The van der Waals surface area contributed by atoms with Crippen LogP contribution in [0.1, 0.15) is 60.8 Å². The van der Waals surface area contributed by atoms with E-state index in [1.165, 1.54) is 19.3 Å². The topological polar surface area (TPSA) is 76.5 Å². The van der Waals surface area contributed by atoms with Crippen LogP contribution in [-0.2, 0) is 24.8 Å². The van der Waals surface area contributed by atoms with E-state index in [-0.39, 0.29) is 12.1 Å². The van der Waals surface area contributed by atoms with Crippen molar-refractivity contribution in [3.05, 3.63) is 17.0 Å². The van der Waals surface area contributed by atoms with Crippen LogP contribution in [0.5, 0.6) is 0 Å². The second-order valence-corrected chi connectivity index (χ2v) is 6.57. The number of amides is 2. The first-order valence-electron chi connectivity index (χ1n) is 8.87. The molecule has 1 fully saturated rings. The van der Waals surface area contributed by atoms with Gasteiger partial charge in [-0.2, -0.15) is 5.10 Å². The predicted octanol–water partition coefficient (Wildman–Crippen LogP) is 2.00. The minimum atomic E-state index is -0.413. The monoisotopic (exact) mass is 334 g/mol. The van der Waals surface area contributed by atoms with E-state index in [0.29, 0.717) is 31.8 Å². The van der Waals surface area contributed by atoms with E-state index in [9.17, 15) is 9.59 Å². The van der Waals surface area contributed by atoms with E-state index < -0.39 is 5.97 Å². The van der Waals surface area contributed by atoms with Gasteiger partial charge in [-0.25, -0.2) is 9.59 Å². The van der Waals surface area contributed by atoms with Gasteiger partial charge in [0.1, 0.15) is 0 Å². The van der Waals surface area contributed by atoms with Crippen LogP contribution in [0, 0.1) is 0 Å². The van der Waals surface area contributed by atoms with Crippen molar-refractivity contribution in [2.24, 2.45) is 7.05 Å². The second-order valence-electron chi connectivity index (χ2n) is 6.57. The molecule has 0 radical (unpaired) electrons. The Morgan fingerprint density at radius 2 is 2.04 bits per heavy atom. The van der Waals surface area contributed by atoms with Crippen LogP contribution in [0.2, 0.25) is 0 Å². The van der Waals surface area contributed by atoms with Crippen molar-refractivity contribution < 1.29 is 14.3 Å². The highest BCUT2D eigenvalue weighted by Crippen LogP contribution is 2.24. The highest BCUT2D eigenvalue weighted by molar-refractivity contribution is 5.89. The number of esters is 1. The summed E-state index contributed by atoms with van der Waals surface area (Å²) >= 11 is 0. The fourth-order valence-corrected chi connectivity index (χ4v) is 3.64. The van der Waals surface area contributed by atoms with Gasteiger partial charge in [-0.15, -0.1) is 0 Å². The Hall–Kier alpha value is -2.05. The Morgan fingerprint density at radius 3 is 2.75 bits per heavy atom. The quantitative estimate of drug-likeness (QED) is 0.858. The molecule has 1 aliphatic carbocycles. The van der Waals surface area contributed by atoms with Gasteiger partial charge in [-0.3, -0.25) is 4.68 Å². The third kappa shape index (κ3) is 3.39. The molecule has 0 saturated heterocycles. The first-order chi connectivity index (χ1) is 11.6. The predicted molar refractivity (Wildman–Crippen MR) is 88.7 cm³/mol. The number of nitrogens with zero attached hydrogens (tertiary/aromatic N) is 3. The molecule has 2 aliphatic rings. The normalized spacial score (nSPS) is 18.2. The van der Waals surface area contributed by atoms with Crippen molar-refractivity contribution in [2.75, 3.05) is 13.2 Å². The SMILES string of the molecule is CCOC(=O)c1nn(C)c2c1CN(C(=O)NC1CCCCC1)CC2. The third-order valence-electron chi connectivity index (χ3n) is 4.93. The van der Waals surface area contributed by atoms with Crippen LogP contribution >= 0.6 is 0 Å². The van der Waals surface area contributed by atoms with Gasteiger partial charge in [0, 0.05) is 37.3 Å². The Kier molecular flexibility index (Phi) is 5.06. The van der Waals surface area contributed by atoms with Crippen molar-refractivity contribution in [1.29, 1.82) is 0 Å². The lowest BCUT2D eigenvalue weighted by molar-refractivity contribution is 0.0516. The van der Waals surface area contributed by atoms with Crippen molar-refractivity contribution in [2.45, 2.75) is 58.0 Å². The number of aromatic nitrogens is 2. The Morgan fingerprint density at radius 1 is 1.29 bits per heavy atom. The molecule has 2 heterocycles. The number of carbonyl (C=O) groups is 2. The molecule has 132 valence electrons. The highest BCUT2D eigenvalue weighted by Gasteiger charge is 2.30. The van der Waals surface area contributed by atoms with Gasteiger partial charge >= 0.3 is 12.0 Å². The molecule has 0 atom stereocenters. The Labute approximate surface area is 142 Å². The number of aryl methyl sites for hydroxylation is 1. The summed E-state index contributed by atoms with van der Waals surface area (Å²) in [5, 5.41) is 7.45. The zero-order valence-electron chi connectivity index (χ0n) is 14.5. The first kappa shape index (κ1) is 16.8. The number of carbonyl (C=O) groups excluding carboxylic acids is 2. The molecule has 24 heavy (non-hydrogen) atoms. The van der Waals surface area contributed by atoms with Gasteiger partial charge in [-0.05, 0) is 19.8 Å². The summed E-state index contributed by atoms with van der Waals surface area (Å²) in [6, 6.07) is 0.247. The molecule has 0 aromatic carbocycles. The summed E-state index contributed by atoms with van der Waals surface area (Å²) < 4.78 is 6.82. The molecule has 7 heteroatoms. The van der Waals surface area contributed by atoms with E-state index in [4.69, 9.17) is 4.74 Å². The van der Waals surface area contributed by atoms with Gasteiger partial charge in [0.05, 0.1) is 13.2 Å². The number of fused-ring (bicyclic) bond motifs is 1. The largest absolute Gasteiger partial charge is 0.461 e. The van der Waals surface area contributed by atoms with E-state index in [0.717, 1.165) is 24.1 Å². The van der Waals surface area contributed by atoms with Crippen LogP contribution < -0.4 is 5.32 Å². The summed E-state index contributed by atoms with van der Waals surface area (Å²) in [6.07, 6.45) is 6.46.